The lowest BCUT2D eigenvalue weighted by Gasteiger charge is -2.15. The van der Waals surface area contributed by atoms with Crippen molar-refractivity contribution >= 4 is 16.1 Å². The largest absolute Gasteiger partial charge is 0.453 e. The average molecular weight is 274 g/mol. The third kappa shape index (κ3) is 2.46. The fraction of sp³-hybridized carbons (Fsp3) is 0.556. The Labute approximate surface area is 104 Å². The first-order valence-electron chi connectivity index (χ1n) is 5.37. The number of hydrogen-bond donors (Lipinski definition) is 2. The van der Waals surface area contributed by atoms with Crippen molar-refractivity contribution in [3.05, 3.63) is 12.4 Å². The summed E-state index contributed by atoms with van der Waals surface area (Å²) < 4.78 is 30.0. The van der Waals surface area contributed by atoms with Crippen LogP contribution in [0, 0.1) is 0 Å². The molecule has 1 saturated heterocycles. The predicted octanol–water partition coefficient (Wildman–Crippen LogP) is -0.471. The number of aromatic nitrogens is 2. The number of rotatable bonds is 3. The molecule has 18 heavy (non-hydrogen) atoms. The van der Waals surface area contributed by atoms with E-state index in [9.17, 15) is 13.2 Å². The zero-order valence-corrected chi connectivity index (χ0v) is 10.6. The van der Waals surface area contributed by atoms with Gasteiger partial charge in [0, 0.05) is 25.3 Å². The molecule has 1 aromatic heterocycles. The number of amides is 1. The van der Waals surface area contributed by atoms with Crippen LogP contribution < -0.4 is 5.32 Å². The van der Waals surface area contributed by atoms with Gasteiger partial charge in [-0.15, -0.1) is 0 Å². The van der Waals surface area contributed by atoms with Gasteiger partial charge in [-0.2, -0.15) is 9.40 Å². The Hall–Kier alpha value is -1.61. The van der Waals surface area contributed by atoms with E-state index in [-0.39, 0.29) is 17.5 Å². The normalized spacial score (nSPS) is 20.8. The van der Waals surface area contributed by atoms with E-state index < -0.39 is 16.1 Å². The van der Waals surface area contributed by atoms with Gasteiger partial charge in [-0.3, -0.25) is 5.10 Å². The molecular formula is C9H14N4O4S. The molecule has 9 heteroatoms. The second-order valence-electron chi connectivity index (χ2n) is 3.92. The summed E-state index contributed by atoms with van der Waals surface area (Å²) in [5, 5.41) is 8.67. The monoisotopic (exact) mass is 274 g/mol. The lowest BCUT2D eigenvalue weighted by molar-refractivity contribution is 0.167. The van der Waals surface area contributed by atoms with E-state index in [1.165, 1.54) is 23.8 Å². The SMILES string of the molecule is COC(=O)NC1CCN(S(=O)(=O)c2cn[nH]c2)C1. The van der Waals surface area contributed by atoms with Crippen molar-refractivity contribution in [1.29, 1.82) is 0 Å². The number of hydrogen-bond acceptors (Lipinski definition) is 5. The van der Waals surface area contributed by atoms with Gasteiger partial charge < -0.3 is 10.1 Å². The summed E-state index contributed by atoms with van der Waals surface area (Å²) in [7, 11) is -2.26. The zero-order chi connectivity index (χ0) is 13.2. The molecule has 1 atom stereocenters. The average Bonchev–Trinajstić information content (AvgIpc) is 2.99. The van der Waals surface area contributed by atoms with Crippen molar-refractivity contribution in [3.8, 4) is 0 Å². The highest BCUT2D eigenvalue weighted by molar-refractivity contribution is 7.89. The topological polar surface area (TPSA) is 104 Å². The minimum absolute atomic E-state index is 0.126. The van der Waals surface area contributed by atoms with Gasteiger partial charge in [-0.05, 0) is 6.42 Å². The number of carbonyl (C=O) groups excluding carboxylic acids is 1. The molecule has 0 spiro atoms. The molecule has 1 amide bonds. The highest BCUT2D eigenvalue weighted by Crippen LogP contribution is 2.19. The number of nitrogens with zero attached hydrogens (tertiary/aromatic N) is 2. The molecule has 1 aromatic rings. The highest BCUT2D eigenvalue weighted by atomic mass is 32.2. The second kappa shape index (κ2) is 4.94. The van der Waals surface area contributed by atoms with Crippen molar-refractivity contribution in [2.24, 2.45) is 0 Å². The maximum atomic E-state index is 12.1. The van der Waals surface area contributed by atoms with Crippen molar-refractivity contribution in [2.75, 3.05) is 20.2 Å². The first-order valence-corrected chi connectivity index (χ1v) is 6.81. The minimum atomic E-state index is -3.52. The first kappa shape index (κ1) is 12.8. The number of methoxy groups -OCH3 is 1. The van der Waals surface area contributed by atoms with E-state index >= 15 is 0 Å². The van der Waals surface area contributed by atoms with Crippen molar-refractivity contribution in [3.63, 3.8) is 0 Å². The number of aromatic amines is 1. The van der Waals surface area contributed by atoms with Crippen LogP contribution >= 0.6 is 0 Å². The number of H-pyrrole nitrogens is 1. The lowest BCUT2D eigenvalue weighted by atomic mass is 10.3. The Bertz CT molecular complexity index is 513. The standard InChI is InChI=1S/C9H14N4O4S/c1-17-9(14)12-7-2-3-13(6-7)18(15,16)8-4-10-11-5-8/h4-5,7H,2-3,6H2,1H3,(H,10,11)(H,12,14). The van der Waals surface area contributed by atoms with Gasteiger partial charge in [0.2, 0.25) is 10.0 Å². The molecule has 0 saturated carbocycles. The summed E-state index contributed by atoms with van der Waals surface area (Å²) in [5.74, 6) is 0. The Morgan fingerprint density at radius 1 is 1.67 bits per heavy atom. The fourth-order valence-electron chi connectivity index (χ4n) is 1.82. The molecule has 1 aliphatic heterocycles. The quantitative estimate of drug-likeness (QED) is 0.775. The minimum Gasteiger partial charge on any atom is -0.453 e. The molecule has 2 heterocycles. The predicted molar refractivity (Wildman–Crippen MR) is 61.3 cm³/mol. The molecule has 0 radical (unpaired) electrons. The molecule has 0 bridgehead atoms. The van der Waals surface area contributed by atoms with Crippen LogP contribution in [0.1, 0.15) is 6.42 Å². The molecule has 1 unspecified atom stereocenters. The summed E-state index contributed by atoms with van der Waals surface area (Å²) in [6.45, 7) is 0.602. The molecule has 1 fully saturated rings. The molecule has 2 rings (SSSR count). The van der Waals surface area contributed by atoms with Gasteiger partial charge in [-0.25, -0.2) is 13.2 Å². The third-order valence-corrected chi connectivity index (χ3v) is 4.60. The molecule has 100 valence electrons. The van der Waals surface area contributed by atoms with Crippen LogP contribution in [0.4, 0.5) is 4.79 Å². The van der Waals surface area contributed by atoms with Crippen LogP contribution in [0.2, 0.25) is 0 Å². The van der Waals surface area contributed by atoms with Gasteiger partial charge in [-0.1, -0.05) is 0 Å². The van der Waals surface area contributed by atoms with E-state index in [2.05, 4.69) is 20.3 Å². The zero-order valence-electron chi connectivity index (χ0n) is 9.79. The lowest BCUT2D eigenvalue weighted by Crippen LogP contribution is -2.38. The van der Waals surface area contributed by atoms with Crippen LogP contribution in [0.25, 0.3) is 0 Å². The Morgan fingerprint density at radius 3 is 3.06 bits per heavy atom. The van der Waals surface area contributed by atoms with Gasteiger partial charge in [0.25, 0.3) is 0 Å². The summed E-state index contributed by atoms with van der Waals surface area (Å²) in [5.41, 5.74) is 0. The van der Waals surface area contributed by atoms with Gasteiger partial charge >= 0.3 is 6.09 Å². The first-order chi connectivity index (χ1) is 8.54. The maximum Gasteiger partial charge on any atom is 0.407 e. The van der Waals surface area contributed by atoms with E-state index in [4.69, 9.17) is 0 Å². The van der Waals surface area contributed by atoms with Crippen LogP contribution in [0.15, 0.2) is 17.3 Å². The van der Waals surface area contributed by atoms with Gasteiger partial charge in [0.1, 0.15) is 4.90 Å². The van der Waals surface area contributed by atoms with Crippen LogP contribution in [-0.2, 0) is 14.8 Å². The molecule has 1 aliphatic rings. The molecule has 8 nitrogen and oxygen atoms in total. The number of carbonyl (C=O) groups is 1. The van der Waals surface area contributed by atoms with E-state index in [0.29, 0.717) is 13.0 Å². The summed E-state index contributed by atoms with van der Waals surface area (Å²) in [6, 6.07) is -0.223. The number of sulfonamides is 1. The van der Waals surface area contributed by atoms with Crippen molar-refractivity contribution < 1.29 is 17.9 Å². The smallest absolute Gasteiger partial charge is 0.407 e. The Morgan fingerprint density at radius 2 is 2.44 bits per heavy atom. The summed E-state index contributed by atoms with van der Waals surface area (Å²) >= 11 is 0. The van der Waals surface area contributed by atoms with Gasteiger partial charge in [0.05, 0.1) is 13.3 Å². The van der Waals surface area contributed by atoms with E-state index in [1.807, 2.05) is 0 Å². The maximum absolute atomic E-state index is 12.1. The highest BCUT2D eigenvalue weighted by Gasteiger charge is 2.33. The van der Waals surface area contributed by atoms with Crippen LogP contribution in [-0.4, -0.2) is 55.3 Å². The van der Waals surface area contributed by atoms with Crippen LogP contribution in [0.3, 0.4) is 0 Å². The number of nitrogens with one attached hydrogen (secondary N) is 2. The van der Waals surface area contributed by atoms with E-state index in [1.54, 1.807) is 0 Å². The van der Waals surface area contributed by atoms with Crippen molar-refractivity contribution in [2.45, 2.75) is 17.4 Å². The Balaban J connectivity index is 2.03. The number of ether oxygens (including phenoxy) is 1. The fourth-order valence-corrected chi connectivity index (χ4v) is 3.23. The van der Waals surface area contributed by atoms with E-state index in [0.717, 1.165) is 0 Å². The molecule has 0 aromatic carbocycles. The summed E-state index contributed by atoms with van der Waals surface area (Å²) in [6.07, 6.45) is 2.60. The second-order valence-corrected chi connectivity index (χ2v) is 5.86. The number of alkyl carbamates (subject to hydrolysis) is 1. The van der Waals surface area contributed by atoms with Crippen molar-refractivity contribution in [1.82, 2.24) is 19.8 Å². The summed E-state index contributed by atoms with van der Waals surface area (Å²) in [4.78, 5) is 11.2. The van der Waals surface area contributed by atoms with Gasteiger partial charge in [0.15, 0.2) is 0 Å². The Kier molecular flexibility index (Phi) is 3.53. The third-order valence-electron chi connectivity index (χ3n) is 2.77. The van der Waals surface area contributed by atoms with Crippen LogP contribution in [0.5, 0.6) is 0 Å². The molecular weight excluding hydrogens is 260 g/mol. The molecule has 0 aliphatic carbocycles. The molecule has 2 N–H and O–H groups in total.